The van der Waals surface area contributed by atoms with Crippen LogP contribution in [0, 0.1) is 13.8 Å². The van der Waals surface area contributed by atoms with Crippen LogP contribution in [0.5, 0.6) is 5.75 Å². The van der Waals surface area contributed by atoms with Crippen molar-refractivity contribution in [1.29, 1.82) is 0 Å². The highest BCUT2D eigenvalue weighted by atomic mass is 32.2. The van der Waals surface area contributed by atoms with Crippen molar-refractivity contribution >= 4 is 23.6 Å². The van der Waals surface area contributed by atoms with Gasteiger partial charge in [0.1, 0.15) is 11.8 Å². The Hall–Kier alpha value is -2.47. The van der Waals surface area contributed by atoms with Crippen molar-refractivity contribution < 1.29 is 14.3 Å². The molecule has 2 aromatic carbocycles. The van der Waals surface area contributed by atoms with Crippen molar-refractivity contribution in [3.63, 3.8) is 0 Å². The molecule has 0 spiro atoms. The van der Waals surface area contributed by atoms with Crippen LogP contribution in [0.25, 0.3) is 0 Å². The molecule has 0 unspecified atom stereocenters. The van der Waals surface area contributed by atoms with Gasteiger partial charge in [-0.25, -0.2) is 0 Å². The third-order valence-electron chi connectivity index (χ3n) is 4.92. The Bertz CT molecular complexity index is 832. The maximum atomic E-state index is 13.1. The first kappa shape index (κ1) is 23.8. The topological polar surface area (TPSA) is 58.6 Å². The molecule has 2 amide bonds. The minimum atomic E-state index is -0.494. The van der Waals surface area contributed by atoms with Gasteiger partial charge >= 0.3 is 0 Å². The molecule has 0 saturated heterocycles. The van der Waals surface area contributed by atoms with Gasteiger partial charge in [-0.3, -0.25) is 9.59 Å². The number of aryl methyl sites for hydroxylation is 2. The van der Waals surface area contributed by atoms with E-state index in [0.29, 0.717) is 18.7 Å². The quantitative estimate of drug-likeness (QED) is 0.619. The van der Waals surface area contributed by atoms with Crippen LogP contribution < -0.4 is 10.1 Å². The molecule has 0 radical (unpaired) electrons. The number of carbonyl (C=O) groups excluding carboxylic acids is 2. The number of rotatable bonds is 10. The van der Waals surface area contributed by atoms with E-state index in [0.717, 1.165) is 17.1 Å². The fourth-order valence-corrected chi connectivity index (χ4v) is 4.35. The number of nitrogens with one attached hydrogen (secondary N) is 1. The van der Waals surface area contributed by atoms with E-state index in [2.05, 4.69) is 37.4 Å². The third kappa shape index (κ3) is 6.80. The lowest BCUT2D eigenvalue weighted by atomic mass is 10.1. The van der Waals surface area contributed by atoms with Gasteiger partial charge in [0.25, 0.3) is 0 Å². The number of carbonyl (C=O) groups is 2. The summed E-state index contributed by atoms with van der Waals surface area (Å²) >= 11 is 1.58. The molecule has 0 fully saturated rings. The monoisotopic (exact) mass is 428 g/mol. The molecular weight excluding hydrogens is 396 g/mol. The zero-order valence-electron chi connectivity index (χ0n) is 18.5. The van der Waals surface area contributed by atoms with Gasteiger partial charge in [-0.05, 0) is 43.5 Å². The van der Waals surface area contributed by atoms with Crippen LogP contribution in [-0.2, 0) is 21.9 Å². The SMILES string of the molecule is CC[C@@H](C(=O)NC)N(Cc1ccc(OC)cc1)C(=O)CSCc1cc(C)cc(C)c1. The highest BCUT2D eigenvalue weighted by Crippen LogP contribution is 2.20. The smallest absolute Gasteiger partial charge is 0.242 e. The first-order chi connectivity index (χ1) is 14.4. The maximum Gasteiger partial charge on any atom is 0.242 e. The molecule has 1 atom stereocenters. The van der Waals surface area contributed by atoms with E-state index in [1.54, 1.807) is 30.8 Å². The first-order valence-electron chi connectivity index (χ1n) is 10.2. The fourth-order valence-electron chi connectivity index (χ4n) is 3.51. The molecule has 0 aliphatic carbocycles. The van der Waals surface area contributed by atoms with E-state index >= 15 is 0 Å². The van der Waals surface area contributed by atoms with Crippen LogP contribution >= 0.6 is 11.8 Å². The van der Waals surface area contributed by atoms with Crippen LogP contribution in [0.4, 0.5) is 0 Å². The molecule has 6 heteroatoms. The van der Waals surface area contributed by atoms with Crippen molar-refractivity contribution in [2.24, 2.45) is 0 Å². The summed E-state index contributed by atoms with van der Waals surface area (Å²) in [6.45, 7) is 6.48. The van der Waals surface area contributed by atoms with Gasteiger partial charge in [0.15, 0.2) is 0 Å². The zero-order chi connectivity index (χ0) is 22.1. The molecule has 1 N–H and O–H groups in total. The molecule has 0 aliphatic heterocycles. The number of amides is 2. The van der Waals surface area contributed by atoms with Crippen LogP contribution in [-0.4, -0.2) is 42.7 Å². The lowest BCUT2D eigenvalue weighted by Gasteiger charge is -2.30. The molecule has 5 nitrogen and oxygen atoms in total. The zero-order valence-corrected chi connectivity index (χ0v) is 19.3. The van der Waals surface area contributed by atoms with Crippen molar-refractivity contribution in [1.82, 2.24) is 10.2 Å². The predicted molar refractivity (Wildman–Crippen MR) is 124 cm³/mol. The third-order valence-corrected chi connectivity index (χ3v) is 5.91. The van der Waals surface area contributed by atoms with E-state index in [-0.39, 0.29) is 11.8 Å². The minimum Gasteiger partial charge on any atom is -0.497 e. The number of likely N-dealkylation sites (N-methyl/N-ethyl adjacent to an activating group) is 1. The predicted octanol–water partition coefficient (Wildman–Crippen LogP) is 4.10. The number of hydrogen-bond donors (Lipinski definition) is 1. The molecule has 2 rings (SSSR count). The summed E-state index contributed by atoms with van der Waals surface area (Å²) in [6, 6.07) is 13.5. The second-order valence-corrected chi connectivity index (χ2v) is 8.38. The largest absolute Gasteiger partial charge is 0.497 e. The van der Waals surface area contributed by atoms with Gasteiger partial charge in [0.05, 0.1) is 12.9 Å². The summed E-state index contributed by atoms with van der Waals surface area (Å²) in [6.07, 6.45) is 0.559. The van der Waals surface area contributed by atoms with Gasteiger partial charge in [0.2, 0.25) is 11.8 Å². The second-order valence-electron chi connectivity index (χ2n) is 7.40. The number of hydrogen-bond acceptors (Lipinski definition) is 4. The Morgan fingerprint density at radius 2 is 1.70 bits per heavy atom. The van der Waals surface area contributed by atoms with E-state index < -0.39 is 6.04 Å². The highest BCUT2D eigenvalue weighted by Gasteiger charge is 2.27. The van der Waals surface area contributed by atoms with E-state index in [4.69, 9.17) is 4.74 Å². The Labute approximate surface area is 184 Å². The molecule has 0 heterocycles. The van der Waals surface area contributed by atoms with Gasteiger partial charge in [-0.15, -0.1) is 11.8 Å². The number of thioether (sulfide) groups is 1. The molecular formula is C24H32N2O3S. The van der Waals surface area contributed by atoms with Crippen molar-refractivity contribution in [3.8, 4) is 5.75 Å². The molecule has 162 valence electrons. The Morgan fingerprint density at radius 3 is 2.23 bits per heavy atom. The summed E-state index contributed by atoms with van der Waals surface area (Å²) < 4.78 is 5.21. The van der Waals surface area contributed by atoms with Gasteiger partial charge < -0.3 is 15.0 Å². The van der Waals surface area contributed by atoms with Crippen LogP contribution in [0.3, 0.4) is 0 Å². The normalized spacial score (nSPS) is 11.6. The molecule has 0 aliphatic rings. The standard InChI is InChI=1S/C24H32N2O3S/c1-6-22(24(28)25-4)26(14-19-7-9-21(29-5)10-8-19)23(27)16-30-15-20-12-17(2)11-18(3)13-20/h7-13,22H,6,14-16H2,1-5H3,(H,25,28)/t22-/m0/s1. The summed E-state index contributed by atoms with van der Waals surface area (Å²) in [7, 11) is 3.23. The van der Waals surface area contributed by atoms with Crippen molar-refractivity contribution in [2.75, 3.05) is 19.9 Å². The first-order valence-corrected chi connectivity index (χ1v) is 11.3. The maximum absolute atomic E-state index is 13.1. The minimum absolute atomic E-state index is 0.0318. The van der Waals surface area contributed by atoms with E-state index in [9.17, 15) is 9.59 Å². The molecule has 0 aromatic heterocycles. The Morgan fingerprint density at radius 1 is 1.07 bits per heavy atom. The Balaban J connectivity index is 2.10. The average molecular weight is 429 g/mol. The summed E-state index contributed by atoms with van der Waals surface area (Å²) in [4.78, 5) is 27.2. The van der Waals surface area contributed by atoms with Crippen molar-refractivity contribution in [3.05, 3.63) is 64.7 Å². The number of benzene rings is 2. The summed E-state index contributed by atoms with van der Waals surface area (Å²) in [5.41, 5.74) is 4.63. The summed E-state index contributed by atoms with van der Waals surface area (Å²) in [5, 5.41) is 2.69. The highest BCUT2D eigenvalue weighted by molar-refractivity contribution is 7.99. The second kappa shape index (κ2) is 11.6. The summed E-state index contributed by atoms with van der Waals surface area (Å²) in [5.74, 6) is 1.69. The lowest BCUT2D eigenvalue weighted by Crippen LogP contribution is -2.48. The molecule has 0 bridgehead atoms. The van der Waals surface area contributed by atoms with Crippen LogP contribution in [0.1, 0.15) is 35.6 Å². The van der Waals surface area contributed by atoms with Gasteiger partial charge in [-0.2, -0.15) is 0 Å². The average Bonchev–Trinajstić information content (AvgIpc) is 2.73. The number of methoxy groups -OCH3 is 1. The molecule has 2 aromatic rings. The Kier molecular flexibility index (Phi) is 9.24. The number of ether oxygens (including phenoxy) is 1. The number of nitrogens with zero attached hydrogens (tertiary/aromatic N) is 1. The van der Waals surface area contributed by atoms with Crippen LogP contribution in [0.2, 0.25) is 0 Å². The van der Waals surface area contributed by atoms with Gasteiger partial charge in [-0.1, -0.05) is 48.4 Å². The molecule has 30 heavy (non-hydrogen) atoms. The van der Waals surface area contributed by atoms with Crippen molar-refractivity contribution in [2.45, 2.75) is 45.5 Å². The van der Waals surface area contributed by atoms with E-state index in [1.807, 2.05) is 31.2 Å². The van der Waals surface area contributed by atoms with Crippen LogP contribution in [0.15, 0.2) is 42.5 Å². The van der Waals surface area contributed by atoms with Gasteiger partial charge in [0, 0.05) is 19.3 Å². The fraction of sp³-hybridized carbons (Fsp3) is 0.417. The van der Waals surface area contributed by atoms with E-state index in [1.165, 1.54) is 16.7 Å². The lowest BCUT2D eigenvalue weighted by molar-refractivity contribution is -0.139. The molecule has 0 saturated carbocycles.